The van der Waals surface area contributed by atoms with Gasteiger partial charge in [0.15, 0.2) is 17.5 Å². The van der Waals surface area contributed by atoms with Crippen LogP contribution in [0, 0.1) is 23.4 Å². The Hall–Kier alpha value is -13.9. The van der Waals surface area contributed by atoms with Gasteiger partial charge in [0.1, 0.15) is 90.0 Å². The molecule has 1 fully saturated rings. The van der Waals surface area contributed by atoms with Gasteiger partial charge in [-0.25, -0.2) is 13.2 Å². The lowest BCUT2D eigenvalue weighted by atomic mass is 9.98. The normalized spacial score (nSPS) is 22.8. The number of para-hydroxylation sites is 1. The molecule has 40 heteroatoms. The van der Waals surface area contributed by atoms with Crippen molar-refractivity contribution in [1.82, 2.24) is 77.3 Å². The molecule has 0 bridgehead atoms. The standard InChI is InChI=1S/C92H115F3N18O18S/c1-50(2)79-92(131)112(9)73(43-54-20-13-11-14-21-54)87(126)106-71(41-57-29-33-61(115)34-30-57)89(128)110(7)52(4)81(120)104-69(45-59-46-99-65-25-18-17-24-62(59)65)86(125)105-68(40-56-27-31-60(114)32-28-56)85(124)103-66(26-19-37-96)83(122)107-72(82(121)100-47-76(98)117)48-132-49-77(118)101-70(42-58-38-63(93)78(95)64(94)39-58)90(129)113(10)74(44-55-22-15-12-16-23-55)91(130)111(8)53(5)88(127)109(6)51(3)80(119)102-67(84(123)108-79)35-36-75(97)116/h11-18,20-25,27-34,38-39,46,50-53,66-74,79,99,114-115H,19,26,35-37,40-45,47-49,96H2,1-10H3,(H2,97,116)(H2,98,117)(H,100,121)(H,101,118)(H,102,119)(H,103,124)(H,104,120)(H,105,125)(H,106,126)(H,107,122)(H,108,123)/t51-,52-,53+,66+,67+,68+,69+,70-,71-,72+,73+,74+,79+/m1/s1. The van der Waals surface area contributed by atoms with Gasteiger partial charge in [0, 0.05) is 103 Å². The number of phenols is 2. The summed E-state index contributed by atoms with van der Waals surface area (Å²) in [5.41, 5.74) is 19.4. The van der Waals surface area contributed by atoms with Gasteiger partial charge in [-0.1, -0.05) is 117 Å². The van der Waals surface area contributed by atoms with E-state index in [4.69, 9.17) is 17.2 Å². The van der Waals surface area contributed by atoms with Crippen LogP contribution in [0.4, 0.5) is 13.2 Å². The highest BCUT2D eigenvalue weighted by atomic mass is 32.2. The molecular weight excluding hydrogens is 1730 g/mol. The number of hydrogen-bond acceptors (Lipinski definition) is 20. The van der Waals surface area contributed by atoms with Crippen LogP contribution in [0.25, 0.3) is 10.9 Å². The number of likely N-dealkylation sites (N-methyl/N-ethyl adjacent to an activating group) is 5. The number of halogens is 3. The van der Waals surface area contributed by atoms with Gasteiger partial charge in [-0.2, -0.15) is 0 Å². The van der Waals surface area contributed by atoms with Crippen LogP contribution in [-0.4, -0.2) is 273 Å². The molecule has 1 aromatic heterocycles. The van der Waals surface area contributed by atoms with Crippen LogP contribution < -0.4 is 65.1 Å². The first kappa shape index (κ1) is 103. The van der Waals surface area contributed by atoms with Crippen molar-refractivity contribution >= 4 is 117 Å². The molecular formula is C92H115F3N18O18S. The SMILES string of the molecule is CC(C)[C@@H]1NC(=O)[C@H](CCC(N)=O)NC(=O)[C@@H](C)N(C)C(=O)[C@H](C)N(C)C(=O)[C@H](Cc2ccccc2)N(C)C(=O)[C@@H](Cc2cc(F)c(F)c(F)c2)NC(=O)CSC[C@@H](C(=O)NCC(N)=O)NC(=O)[C@H](CCCN)NC(=O)[C@H](Cc2ccc(O)cc2)NC(=O)[C@H](Cc2c[nH]c3ccccc23)NC(=O)[C@@H](C)N(C)C(=O)[C@@H](Cc2ccc(O)cc2)NC(=O)[C@H](Cc2ccccc2)N(C)C1=O. The largest absolute Gasteiger partial charge is 0.508 e. The smallest absolute Gasteiger partial charge is 0.246 e. The van der Waals surface area contributed by atoms with E-state index < -0.39 is 234 Å². The summed E-state index contributed by atoms with van der Waals surface area (Å²) in [6.07, 6.45) is -1.89. The summed E-state index contributed by atoms with van der Waals surface area (Å²) in [5.74, 6) is -23.3. The molecule has 1 saturated heterocycles. The molecule has 2 heterocycles. The number of fused-ring (bicyclic) bond motifs is 1. The van der Waals surface area contributed by atoms with Gasteiger partial charge in [-0.05, 0) is 128 Å². The van der Waals surface area contributed by atoms with Crippen molar-refractivity contribution in [2.24, 2.45) is 23.1 Å². The third-order valence-corrected chi connectivity index (χ3v) is 24.0. The molecule has 36 nitrogen and oxygen atoms in total. The average Bonchev–Trinajstić information content (AvgIpc) is 1.81. The van der Waals surface area contributed by atoms with Crippen LogP contribution in [0.1, 0.15) is 93.7 Å². The Morgan fingerprint density at radius 3 is 1.45 bits per heavy atom. The van der Waals surface area contributed by atoms with Crippen molar-refractivity contribution in [3.05, 3.63) is 203 Å². The lowest BCUT2D eigenvalue weighted by Gasteiger charge is -2.36. The molecule has 1 aliphatic heterocycles. The first-order valence-electron chi connectivity index (χ1n) is 42.8. The zero-order valence-electron chi connectivity index (χ0n) is 74.9. The number of nitrogens with two attached hydrogens (primary N) is 3. The lowest BCUT2D eigenvalue weighted by molar-refractivity contribution is -0.151. The fourth-order valence-electron chi connectivity index (χ4n) is 14.7. The number of carbonyl (C=O) groups is 16. The van der Waals surface area contributed by atoms with Crippen LogP contribution >= 0.6 is 11.8 Å². The number of amides is 16. The number of thioether (sulfide) groups is 1. The van der Waals surface area contributed by atoms with E-state index in [1.807, 2.05) is 0 Å². The summed E-state index contributed by atoms with van der Waals surface area (Å²) in [5, 5.41) is 44.9. The number of nitrogens with zero attached hydrogens (tertiary/aromatic N) is 5. The highest BCUT2D eigenvalue weighted by Gasteiger charge is 2.43. The molecule has 1 aliphatic rings. The minimum absolute atomic E-state index is 0.0252. The van der Waals surface area contributed by atoms with Crippen LogP contribution in [0.2, 0.25) is 0 Å². The van der Waals surface area contributed by atoms with E-state index in [2.05, 4.69) is 52.8 Å². The van der Waals surface area contributed by atoms with Crippen molar-refractivity contribution in [1.29, 1.82) is 0 Å². The van der Waals surface area contributed by atoms with Gasteiger partial charge >= 0.3 is 0 Å². The average molecular weight is 1850 g/mol. The Morgan fingerprint density at radius 2 is 0.894 bits per heavy atom. The Morgan fingerprint density at radius 1 is 0.455 bits per heavy atom. The van der Waals surface area contributed by atoms with Gasteiger partial charge in [0.05, 0.1) is 12.3 Å². The Labute approximate surface area is 765 Å². The number of hydrogen-bond donors (Lipinski definition) is 15. The Bertz CT molecular complexity index is 5270. The van der Waals surface area contributed by atoms with E-state index in [0.29, 0.717) is 62.6 Å². The molecule has 0 radical (unpaired) electrons. The number of H-pyrrole nitrogens is 1. The number of benzene rings is 6. The maximum atomic E-state index is 15.5. The van der Waals surface area contributed by atoms with Crippen LogP contribution in [0.15, 0.2) is 152 Å². The Balaban J connectivity index is 1.23. The second-order valence-electron chi connectivity index (χ2n) is 32.9. The molecule has 13 atom stereocenters. The molecule has 708 valence electrons. The Kier molecular flexibility index (Phi) is 38.1. The van der Waals surface area contributed by atoms with E-state index in [1.54, 1.807) is 105 Å². The highest BCUT2D eigenvalue weighted by Crippen LogP contribution is 2.25. The zero-order valence-corrected chi connectivity index (χ0v) is 75.7. The van der Waals surface area contributed by atoms with Gasteiger partial charge < -0.3 is 105 Å². The second kappa shape index (κ2) is 48.6. The summed E-state index contributed by atoms with van der Waals surface area (Å²) < 4.78 is 44.8. The molecule has 8 rings (SSSR count). The topological polar surface area (TPSA) is 532 Å². The van der Waals surface area contributed by atoms with Gasteiger partial charge in [-0.15, -0.1) is 11.8 Å². The first-order chi connectivity index (χ1) is 62.5. The maximum absolute atomic E-state index is 15.5. The minimum atomic E-state index is -1.88. The predicted molar refractivity (Wildman–Crippen MR) is 482 cm³/mol. The van der Waals surface area contributed by atoms with Crippen LogP contribution in [0.5, 0.6) is 11.5 Å². The lowest BCUT2D eigenvalue weighted by Crippen LogP contribution is -2.62. The third kappa shape index (κ3) is 29.0. The maximum Gasteiger partial charge on any atom is 0.246 e. The van der Waals surface area contributed by atoms with Gasteiger partial charge in [0.2, 0.25) is 94.5 Å². The summed E-state index contributed by atoms with van der Waals surface area (Å²) in [6.45, 7) is 6.20. The molecule has 6 aromatic carbocycles. The third-order valence-electron chi connectivity index (χ3n) is 23.0. The monoisotopic (exact) mass is 1850 g/mol. The van der Waals surface area contributed by atoms with Crippen molar-refractivity contribution < 1.29 is 100 Å². The van der Waals surface area contributed by atoms with Gasteiger partial charge in [0.25, 0.3) is 0 Å². The molecule has 16 amide bonds. The summed E-state index contributed by atoms with van der Waals surface area (Å²) in [4.78, 5) is 243. The first-order valence-corrected chi connectivity index (χ1v) is 43.9. The number of primary amides is 2. The second-order valence-corrected chi connectivity index (χ2v) is 33.9. The zero-order chi connectivity index (χ0) is 97.1. The molecule has 0 saturated carbocycles. The van der Waals surface area contributed by atoms with E-state index >= 15 is 47.1 Å². The summed E-state index contributed by atoms with van der Waals surface area (Å²) >= 11 is 0.652. The molecule has 132 heavy (non-hydrogen) atoms. The van der Waals surface area contributed by atoms with E-state index in [-0.39, 0.29) is 68.6 Å². The summed E-state index contributed by atoms with van der Waals surface area (Å²) in [7, 11) is 6.13. The molecule has 0 aliphatic carbocycles. The van der Waals surface area contributed by atoms with Crippen molar-refractivity contribution in [2.45, 2.75) is 177 Å². The van der Waals surface area contributed by atoms with E-state index in [9.17, 15) is 53.0 Å². The number of nitrogens with one attached hydrogen (secondary N) is 10. The molecule has 7 aromatic rings. The minimum Gasteiger partial charge on any atom is -0.508 e. The number of carbonyl (C=O) groups excluding carboxylic acids is 16. The summed E-state index contributed by atoms with van der Waals surface area (Å²) in [6, 6.07) is 14.8. The van der Waals surface area contributed by atoms with Crippen molar-refractivity contribution in [2.75, 3.05) is 59.8 Å². The van der Waals surface area contributed by atoms with Crippen molar-refractivity contribution in [3.63, 3.8) is 0 Å². The number of phenolic OH excluding ortho intramolecular Hbond substituents is 2. The fraction of sp³-hybridized carbons (Fsp3) is 0.413. The van der Waals surface area contributed by atoms with Crippen molar-refractivity contribution in [3.8, 4) is 11.5 Å². The number of aromatic hydroxyl groups is 2. The van der Waals surface area contributed by atoms with Gasteiger partial charge in [-0.3, -0.25) is 76.7 Å². The number of aromatic nitrogens is 1. The van der Waals surface area contributed by atoms with E-state index in [0.717, 1.165) is 31.5 Å². The molecule has 0 unspecified atom stereocenters. The van der Waals surface area contributed by atoms with Crippen LogP contribution in [0.3, 0.4) is 0 Å². The fourth-order valence-corrected chi connectivity index (χ4v) is 15.6. The predicted octanol–water partition coefficient (Wildman–Crippen LogP) is 0.834. The molecule has 0 spiro atoms. The molecule has 18 N–H and O–H groups in total. The number of rotatable bonds is 22. The quantitative estimate of drug-likeness (QED) is 0.0418. The number of aromatic amines is 1. The highest BCUT2D eigenvalue weighted by molar-refractivity contribution is 8.00. The van der Waals surface area contributed by atoms with Crippen LogP contribution in [-0.2, 0) is 115 Å². The van der Waals surface area contributed by atoms with E-state index in [1.165, 1.54) is 97.5 Å².